The first-order valence-electron chi connectivity index (χ1n) is 5.56. The largest absolute Gasteiger partial charge is 0.321 e. The van der Waals surface area contributed by atoms with E-state index in [1.54, 1.807) is 19.1 Å². The Labute approximate surface area is 108 Å². The second kappa shape index (κ2) is 4.94. The molecule has 0 saturated heterocycles. The second-order valence-electron chi connectivity index (χ2n) is 4.04. The Morgan fingerprint density at radius 1 is 1.26 bits per heavy atom. The lowest BCUT2D eigenvalue weighted by molar-refractivity contribution is 0.616. The van der Waals surface area contributed by atoms with Gasteiger partial charge in [-0.25, -0.2) is 4.39 Å². The van der Waals surface area contributed by atoms with Crippen molar-refractivity contribution in [2.24, 2.45) is 0 Å². The van der Waals surface area contributed by atoms with Crippen LogP contribution in [0.5, 0.6) is 0 Å². The molecule has 0 aliphatic carbocycles. The normalized spacial score (nSPS) is 10.2. The minimum absolute atomic E-state index is 0.0250. The summed E-state index contributed by atoms with van der Waals surface area (Å²) in [6.07, 6.45) is 7.90. The molecule has 1 heterocycles. The van der Waals surface area contributed by atoms with Crippen molar-refractivity contribution in [2.75, 3.05) is 0 Å². The molecule has 0 N–H and O–H groups in total. The van der Waals surface area contributed by atoms with Crippen LogP contribution in [0.1, 0.15) is 5.56 Å². The Hall–Kier alpha value is -2.61. The number of terminal acetylenes is 1. The van der Waals surface area contributed by atoms with Gasteiger partial charge in [0.15, 0.2) is 0 Å². The highest BCUT2D eigenvalue weighted by molar-refractivity contribution is 5.35. The predicted molar refractivity (Wildman–Crippen MR) is 69.8 cm³/mol. The zero-order valence-electron chi connectivity index (χ0n) is 10.3. The molecule has 2 rings (SSSR count). The maximum Gasteiger partial charge on any atom is 0.321 e. The van der Waals surface area contributed by atoms with Crippen LogP contribution < -0.4 is 11.1 Å². The van der Waals surface area contributed by atoms with E-state index < -0.39 is 16.9 Å². The molecule has 0 amide bonds. The summed E-state index contributed by atoms with van der Waals surface area (Å²) in [4.78, 5) is 23.6. The number of benzene rings is 1. The van der Waals surface area contributed by atoms with Gasteiger partial charge in [-0.2, -0.15) is 0 Å². The average Bonchev–Trinajstić information content (AvgIpc) is 2.39. The summed E-state index contributed by atoms with van der Waals surface area (Å²) in [5, 5.41) is 0. The van der Waals surface area contributed by atoms with Crippen LogP contribution in [0.4, 0.5) is 4.39 Å². The fourth-order valence-electron chi connectivity index (χ4n) is 1.67. The van der Waals surface area contributed by atoms with Crippen molar-refractivity contribution < 1.29 is 4.39 Å². The summed E-state index contributed by atoms with van der Waals surface area (Å²) >= 11 is 0. The summed E-state index contributed by atoms with van der Waals surface area (Å²) in [6, 6.07) is 4.33. The highest BCUT2D eigenvalue weighted by Crippen LogP contribution is 2.11. The van der Waals surface area contributed by atoms with Crippen LogP contribution in [0.2, 0.25) is 0 Å². The molecule has 0 atom stereocenters. The molecule has 0 bridgehead atoms. The molecule has 4 nitrogen and oxygen atoms in total. The van der Waals surface area contributed by atoms with E-state index in [-0.39, 0.29) is 6.54 Å². The first-order chi connectivity index (χ1) is 9.04. The topological polar surface area (TPSA) is 44.0 Å². The van der Waals surface area contributed by atoms with Crippen molar-refractivity contribution in [3.63, 3.8) is 0 Å². The average molecular weight is 258 g/mol. The lowest BCUT2D eigenvalue weighted by atomic mass is 10.2. The number of nitrogens with zero attached hydrogens (tertiary/aromatic N) is 2. The molecule has 0 fully saturated rings. The number of rotatable bonds is 2. The van der Waals surface area contributed by atoms with E-state index in [0.717, 1.165) is 9.13 Å². The van der Waals surface area contributed by atoms with Crippen molar-refractivity contribution >= 4 is 0 Å². The van der Waals surface area contributed by atoms with Crippen molar-refractivity contribution in [1.29, 1.82) is 0 Å². The first kappa shape index (κ1) is 12.8. The van der Waals surface area contributed by atoms with Gasteiger partial charge < -0.3 is 0 Å². The minimum Gasteiger partial charge on any atom is -0.298 e. The predicted octanol–water partition coefficient (Wildman–Crippen LogP) is 1.08. The first-order valence-corrected chi connectivity index (χ1v) is 5.56. The van der Waals surface area contributed by atoms with Crippen molar-refractivity contribution in [3.05, 3.63) is 62.7 Å². The summed E-state index contributed by atoms with van der Waals surface area (Å²) in [6.45, 7) is 1.64. The van der Waals surface area contributed by atoms with Crippen LogP contribution in [0.3, 0.4) is 0 Å². The van der Waals surface area contributed by atoms with Gasteiger partial charge in [0.05, 0.1) is 12.2 Å². The Morgan fingerprint density at radius 3 is 2.63 bits per heavy atom. The molecule has 96 valence electrons. The minimum atomic E-state index is -0.763. The van der Waals surface area contributed by atoms with Gasteiger partial charge in [-0.3, -0.25) is 18.7 Å². The molecule has 0 saturated carbocycles. The van der Waals surface area contributed by atoms with Crippen molar-refractivity contribution in [3.8, 4) is 18.0 Å². The number of hydrogen-bond donors (Lipinski definition) is 0. The third kappa shape index (κ3) is 2.33. The van der Waals surface area contributed by atoms with Crippen LogP contribution in [0.25, 0.3) is 5.69 Å². The molecule has 2 aromatic rings. The Bertz CT molecular complexity index is 781. The van der Waals surface area contributed by atoms with Gasteiger partial charge in [0, 0.05) is 12.4 Å². The zero-order chi connectivity index (χ0) is 14.0. The summed E-state index contributed by atoms with van der Waals surface area (Å²) < 4.78 is 15.7. The molecule has 0 aliphatic heterocycles. The maximum atomic E-state index is 13.5. The Morgan fingerprint density at radius 2 is 2.00 bits per heavy atom. The third-order valence-corrected chi connectivity index (χ3v) is 2.75. The van der Waals surface area contributed by atoms with E-state index in [2.05, 4.69) is 5.92 Å². The van der Waals surface area contributed by atoms with E-state index in [9.17, 15) is 14.0 Å². The number of aromatic nitrogens is 2. The second-order valence-corrected chi connectivity index (χ2v) is 4.04. The number of halogens is 1. The highest BCUT2D eigenvalue weighted by atomic mass is 19.1. The van der Waals surface area contributed by atoms with Crippen molar-refractivity contribution in [1.82, 2.24) is 9.13 Å². The number of hydrogen-bond acceptors (Lipinski definition) is 2. The molecule has 1 aromatic carbocycles. The molecule has 19 heavy (non-hydrogen) atoms. The third-order valence-electron chi connectivity index (χ3n) is 2.75. The van der Waals surface area contributed by atoms with Gasteiger partial charge in [0.25, 0.3) is 0 Å². The quantitative estimate of drug-likeness (QED) is 0.597. The van der Waals surface area contributed by atoms with Crippen LogP contribution in [0.15, 0.2) is 40.2 Å². The van der Waals surface area contributed by atoms with Crippen LogP contribution in [-0.4, -0.2) is 9.13 Å². The van der Waals surface area contributed by atoms with Gasteiger partial charge in [-0.15, -0.1) is 6.42 Å². The lowest BCUT2D eigenvalue weighted by Crippen LogP contribution is -2.39. The summed E-state index contributed by atoms with van der Waals surface area (Å²) in [7, 11) is 0. The molecule has 1 aromatic heterocycles. The Kier molecular flexibility index (Phi) is 3.34. The van der Waals surface area contributed by atoms with Gasteiger partial charge in [0.2, 0.25) is 0 Å². The molecular weight excluding hydrogens is 247 g/mol. The van der Waals surface area contributed by atoms with E-state index >= 15 is 0 Å². The summed E-state index contributed by atoms with van der Waals surface area (Å²) in [5.41, 5.74) is -0.724. The van der Waals surface area contributed by atoms with Gasteiger partial charge in [0.1, 0.15) is 5.82 Å². The molecular formula is C14H11FN2O2. The van der Waals surface area contributed by atoms with Gasteiger partial charge in [-0.05, 0) is 24.6 Å². The van der Waals surface area contributed by atoms with Crippen LogP contribution >= 0.6 is 0 Å². The van der Waals surface area contributed by atoms with Gasteiger partial charge >= 0.3 is 11.1 Å². The molecule has 0 radical (unpaired) electrons. The van der Waals surface area contributed by atoms with E-state index in [1.807, 2.05) is 0 Å². The molecule has 0 unspecified atom stereocenters. The number of aryl methyl sites for hydroxylation is 1. The molecule has 0 aliphatic rings. The SMILES string of the molecule is C#CCn1ccn(-c2ccc(C)c(F)c2)c(=O)c1=O. The monoisotopic (exact) mass is 258 g/mol. The fourth-order valence-corrected chi connectivity index (χ4v) is 1.67. The maximum absolute atomic E-state index is 13.5. The summed E-state index contributed by atoms with van der Waals surface area (Å²) in [5.74, 6) is 1.85. The van der Waals surface area contributed by atoms with E-state index in [0.29, 0.717) is 11.3 Å². The molecule has 0 spiro atoms. The fraction of sp³-hybridized carbons (Fsp3) is 0.143. The van der Waals surface area contributed by atoms with E-state index in [4.69, 9.17) is 6.42 Å². The Balaban J connectivity index is 2.62. The van der Waals surface area contributed by atoms with Crippen LogP contribution in [-0.2, 0) is 6.54 Å². The lowest BCUT2D eigenvalue weighted by Gasteiger charge is -2.08. The molecule has 5 heteroatoms. The van der Waals surface area contributed by atoms with Crippen molar-refractivity contribution in [2.45, 2.75) is 13.5 Å². The van der Waals surface area contributed by atoms with Crippen LogP contribution in [0, 0.1) is 25.1 Å². The zero-order valence-corrected chi connectivity index (χ0v) is 10.3. The highest BCUT2D eigenvalue weighted by Gasteiger charge is 2.07. The smallest absolute Gasteiger partial charge is 0.298 e. The standard InChI is InChI=1S/C14H11FN2O2/c1-3-6-16-7-8-17(14(19)13(16)18)11-5-4-10(2)12(15)9-11/h1,4-5,7-9H,6H2,2H3. The van der Waals surface area contributed by atoms with E-state index in [1.165, 1.54) is 18.5 Å². The van der Waals surface area contributed by atoms with Gasteiger partial charge in [-0.1, -0.05) is 12.0 Å².